The molecule has 4 aliphatic rings. The summed E-state index contributed by atoms with van der Waals surface area (Å²) in [6, 6.07) is 9.03. The van der Waals surface area contributed by atoms with Gasteiger partial charge in [0.25, 0.3) is 0 Å². The first-order valence-electron chi connectivity index (χ1n) is 11.3. The van der Waals surface area contributed by atoms with Crippen molar-refractivity contribution in [2.24, 2.45) is 11.8 Å². The summed E-state index contributed by atoms with van der Waals surface area (Å²) >= 11 is 0. The van der Waals surface area contributed by atoms with Gasteiger partial charge in [-0.25, -0.2) is 0 Å². The Morgan fingerprint density at radius 2 is 1.40 bits per heavy atom. The number of benzene rings is 1. The quantitative estimate of drug-likeness (QED) is 0.535. The van der Waals surface area contributed by atoms with Crippen molar-refractivity contribution >= 4 is 5.57 Å². The van der Waals surface area contributed by atoms with Crippen molar-refractivity contribution in [2.45, 2.75) is 70.6 Å². The Morgan fingerprint density at radius 1 is 0.800 bits per heavy atom. The number of hydrogen-bond acceptors (Lipinski definition) is 0. The second kappa shape index (κ2) is 12.0. The van der Waals surface area contributed by atoms with Crippen LogP contribution >= 0.6 is 0 Å². The fourth-order valence-corrected chi connectivity index (χ4v) is 5.88. The SMILES string of the molecule is [C-]1=C(C2=CC=CC2)C(=C(C2CCCCC2)C2CCCCC2)c2ccccc21.[Cl-].[Cl-].[Zr+3]. The zero-order valence-corrected chi connectivity index (χ0v) is 21.7. The maximum absolute atomic E-state index is 3.84. The second-order valence-electron chi connectivity index (χ2n) is 8.87. The Hall–Kier alpha value is -0.357. The Bertz CT molecular complexity index is 814. The molecular weight excluding hydrogens is 486 g/mol. The van der Waals surface area contributed by atoms with E-state index in [1.807, 2.05) is 5.57 Å². The van der Waals surface area contributed by atoms with Crippen LogP contribution in [0.4, 0.5) is 0 Å². The molecule has 0 heterocycles. The molecule has 0 spiro atoms. The molecule has 1 aromatic rings. The van der Waals surface area contributed by atoms with Crippen molar-refractivity contribution in [1.29, 1.82) is 0 Å². The first kappa shape index (κ1) is 25.9. The van der Waals surface area contributed by atoms with Crippen LogP contribution < -0.4 is 24.8 Å². The Morgan fingerprint density at radius 3 is 1.97 bits per heavy atom. The van der Waals surface area contributed by atoms with Crippen LogP contribution in [-0.2, 0) is 26.2 Å². The second-order valence-corrected chi connectivity index (χ2v) is 8.87. The van der Waals surface area contributed by atoms with Gasteiger partial charge in [0.2, 0.25) is 0 Å². The van der Waals surface area contributed by atoms with Gasteiger partial charge in [0.15, 0.2) is 0 Å². The van der Waals surface area contributed by atoms with E-state index in [1.165, 1.54) is 86.5 Å². The van der Waals surface area contributed by atoms with E-state index >= 15 is 0 Å². The van der Waals surface area contributed by atoms with Gasteiger partial charge in [-0.1, -0.05) is 80.5 Å². The number of allylic oxidation sites excluding steroid dienone is 7. The molecule has 0 aliphatic heterocycles. The molecule has 1 aromatic carbocycles. The van der Waals surface area contributed by atoms with Crippen molar-refractivity contribution in [1.82, 2.24) is 0 Å². The molecule has 2 saturated carbocycles. The maximum atomic E-state index is 3.84. The predicted octanol–water partition coefficient (Wildman–Crippen LogP) is 1.58. The van der Waals surface area contributed by atoms with Crippen LogP contribution in [-0.4, -0.2) is 0 Å². The third-order valence-corrected chi connectivity index (χ3v) is 7.18. The van der Waals surface area contributed by atoms with Gasteiger partial charge in [0.1, 0.15) is 0 Å². The first-order chi connectivity index (χ1) is 13.4. The fourth-order valence-electron chi connectivity index (χ4n) is 5.88. The number of halogens is 2. The summed E-state index contributed by atoms with van der Waals surface area (Å²) in [7, 11) is 0. The van der Waals surface area contributed by atoms with E-state index in [0.29, 0.717) is 0 Å². The molecular formula is C27H31Cl2Zr. The van der Waals surface area contributed by atoms with Crippen LogP contribution in [0, 0.1) is 17.9 Å². The van der Waals surface area contributed by atoms with Gasteiger partial charge >= 0.3 is 26.2 Å². The topological polar surface area (TPSA) is 0 Å². The zero-order chi connectivity index (χ0) is 18.1. The van der Waals surface area contributed by atoms with Gasteiger partial charge in [-0.15, -0.1) is 40.0 Å². The van der Waals surface area contributed by atoms with Crippen molar-refractivity contribution < 1.29 is 51.0 Å². The van der Waals surface area contributed by atoms with Crippen LogP contribution in [0.2, 0.25) is 0 Å². The van der Waals surface area contributed by atoms with Gasteiger partial charge in [-0.3, -0.25) is 0 Å². The minimum atomic E-state index is 0. The summed E-state index contributed by atoms with van der Waals surface area (Å²) in [4.78, 5) is 0. The molecule has 3 heteroatoms. The Labute approximate surface area is 214 Å². The molecule has 4 aliphatic carbocycles. The smallest absolute Gasteiger partial charge is 1.00 e. The molecule has 0 N–H and O–H groups in total. The molecule has 30 heavy (non-hydrogen) atoms. The van der Waals surface area contributed by atoms with Crippen molar-refractivity contribution in [3.63, 3.8) is 0 Å². The minimum Gasteiger partial charge on any atom is -1.00 e. The monoisotopic (exact) mass is 515 g/mol. The van der Waals surface area contributed by atoms with Crippen LogP contribution in [0.25, 0.3) is 5.57 Å². The average molecular weight is 518 g/mol. The number of fused-ring (bicyclic) bond motifs is 1. The van der Waals surface area contributed by atoms with E-state index in [4.69, 9.17) is 0 Å². The summed E-state index contributed by atoms with van der Waals surface area (Å²) in [6.07, 6.45) is 25.9. The van der Waals surface area contributed by atoms with Gasteiger partial charge in [0.05, 0.1) is 0 Å². The van der Waals surface area contributed by atoms with Crippen LogP contribution in [0.3, 0.4) is 0 Å². The Balaban J connectivity index is 0.00000107. The van der Waals surface area contributed by atoms with Crippen molar-refractivity contribution in [2.75, 3.05) is 0 Å². The average Bonchev–Trinajstić information content (AvgIpc) is 3.38. The maximum Gasteiger partial charge on any atom is 3.00 e. The van der Waals surface area contributed by atoms with E-state index in [-0.39, 0.29) is 51.0 Å². The van der Waals surface area contributed by atoms with Crippen molar-refractivity contribution in [3.8, 4) is 0 Å². The molecule has 0 atom stereocenters. The van der Waals surface area contributed by atoms with Crippen LogP contribution in [0.15, 0.2) is 59.2 Å². The van der Waals surface area contributed by atoms with E-state index in [0.717, 1.165) is 18.3 Å². The standard InChI is InChI=1S/C27H31.2ClH.Zr/c1-3-13-21(14-4-1)26(22-15-5-2-6-16-22)27-24-18-10-9-17-23(24)19-25(27)20-11-7-8-12-20;;;/h7-11,17-18,21-22H,1-6,12-16H2;2*1H;/q-1;;;+3/p-2. The van der Waals surface area contributed by atoms with E-state index in [9.17, 15) is 0 Å². The molecule has 2 fully saturated rings. The van der Waals surface area contributed by atoms with Crippen LogP contribution in [0.1, 0.15) is 81.8 Å². The third-order valence-electron chi connectivity index (χ3n) is 7.18. The van der Waals surface area contributed by atoms with Gasteiger partial charge in [-0.05, 0) is 43.9 Å². The predicted molar refractivity (Wildman–Crippen MR) is 114 cm³/mol. The molecule has 0 amide bonds. The molecule has 0 unspecified atom stereocenters. The number of hydrogen-bond donors (Lipinski definition) is 0. The molecule has 5 rings (SSSR count). The fraction of sp³-hybridized carbons (Fsp3) is 0.481. The van der Waals surface area contributed by atoms with Gasteiger partial charge < -0.3 is 24.8 Å². The van der Waals surface area contributed by atoms with Crippen LogP contribution in [0.5, 0.6) is 0 Å². The summed E-state index contributed by atoms with van der Waals surface area (Å²) in [6.45, 7) is 0. The zero-order valence-electron chi connectivity index (χ0n) is 17.7. The van der Waals surface area contributed by atoms with Gasteiger partial charge in [-0.2, -0.15) is 0 Å². The summed E-state index contributed by atoms with van der Waals surface area (Å²) in [5, 5.41) is 0. The van der Waals surface area contributed by atoms with Gasteiger partial charge in [0, 0.05) is 0 Å². The molecule has 0 saturated heterocycles. The normalized spacial score (nSPS) is 21.0. The third kappa shape index (κ3) is 5.16. The first-order valence-corrected chi connectivity index (χ1v) is 11.3. The van der Waals surface area contributed by atoms with E-state index in [2.05, 4.69) is 48.6 Å². The Kier molecular flexibility index (Phi) is 10.4. The summed E-state index contributed by atoms with van der Waals surface area (Å²) in [5.41, 5.74) is 9.11. The van der Waals surface area contributed by atoms with Crippen molar-refractivity contribution in [3.05, 3.63) is 76.4 Å². The summed E-state index contributed by atoms with van der Waals surface area (Å²) in [5.74, 6) is 1.60. The molecule has 0 nitrogen and oxygen atoms in total. The molecule has 1 radical (unpaired) electrons. The molecule has 0 bridgehead atoms. The molecule has 157 valence electrons. The molecule has 0 aromatic heterocycles. The van der Waals surface area contributed by atoms with E-state index < -0.39 is 0 Å². The summed E-state index contributed by atoms with van der Waals surface area (Å²) < 4.78 is 0. The largest absolute Gasteiger partial charge is 3.00 e. The number of rotatable bonds is 3. The minimum absolute atomic E-state index is 0. The van der Waals surface area contributed by atoms with E-state index in [1.54, 1.807) is 5.57 Å².